The third-order valence-electron chi connectivity index (χ3n) is 2.14. The van der Waals surface area contributed by atoms with Crippen LogP contribution in [0.4, 0.5) is 0 Å². The van der Waals surface area contributed by atoms with E-state index < -0.39 is 17.9 Å². The number of nitrogens with zero attached hydrogens (tertiary/aromatic N) is 1. The Morgan fingerprint density at radius 1 is 1.61 bits per heavy atom. The van der Waals surface area contributed by atoms with Crippen molar-refractivity contribution in [1.82, 2.24) is 10.3 Å². The van der Waals surface area contributed by atoms with Gasteiger partial charge in [-0.3, -0.25) is 14.6 Å². The van der Waals surface area contributed by atoms with Crippen molar-refractivity contribution in [3.63, 3.8) is 0 Å². The predicted octanol–water partition coefficient (Wildman–Crippen LogP) is -0.971. The van der Waals surface area contributed by atoms with Gasteiger partial charge in [0, 0.05) is 12.4 Å². The molecule has 1 aromatic rings. The molecule has 2 amide bonds. The van der Waals surface area contributed by atoms with Crippen molar-refractivity contribution >= 4 is 11.8 Å². The summed E-state index contributed by atoms with van der Waals surface area (Å²) >= 11 is 0. The summed E-state index contributed by atoms with van der Waals surface area (Å²) in [7, 11) is 0. The number of hydrogen-bond acceptors (Lipinski definition) is 4. The molecule has 0 aliphatic carbocycles. The summed E-state index contributed by atoms with van der Waals surface area (Å²) in [6, 6.07) is 0.703. The highest BCUT2D eigenvalue weighted by Gasteiger charge is 2.15. The highest BCUT2D eigenvalue weighted by molar-refractivity contribution is 5.99. The van der Waals surface area contributed by atoms with Gasteiger partial charge in [-0.25, -0.2) is 0 Å². The second-order valence-corrected chi connectivity index (χ2v) is 3.48. The number of nitrogens with one attached hydrogen (secondary N) is 1. The second-order valence-electron chi connectivity index (χ2n) is 3.48. The van der Waals surface area contributed by atoms with Crippen molar-refractivity contribution in [2.24, 2.45) is 5.73 Å². The van der Waals surface area contributed by atoms with Crippen LogP contribution in [0.15, 0.2) is 18.5 Å². The quantitative estimate of drug-likeness (QED) is 0.597. The zero-order valence-electron chi connectivity index (χ0n) is 9.80. The van der Waals surface area contributed by atoms with E-state index in [-0.39, 0.29) is 12.2 Å². The number of hydrogen-bond donors (Lipinski definition) is 3. The number of nitrogens with two attached hydrogens (primary N) is 1. The Kier molecular flexibility index (Phi) is 4.84. The molecule has 0 bridgehead atoms. The van der Waals surface area contributed by atoms with Crippen LogP contribution in [0.3, 0.4) is 0 Å². The molecule has 6 nitrogen and oxygen atoms in total. The van der Waals surface area contributed by atoms with Crippen LogP contribution in [0.2, 0.25) is 0 Å². The molecule has 94 valence electrons. The van der Waals surface area contributed by atoms with Gasteiger partial charge in [-0.2, -0.15) is 0 Å². The summed E-state index contributed by atoms with van der Waals surface area (Å²) in [6.07, 6.45) is 2.85. The number of aliphatic hydroxyl groups is 1. The molecule has 0 aliphatic heterocycles. The molecule has 4 N–H and O–H groups in total. The van der Waals surface area contributed by atoms with Crippen LogP contribution in [0, 0.1) is 11.8 Å². The molecule has 1 unspecified atom stereocenters. The monoisotopic (exact) mass is 247 g/mol. The summed E-state index contributed by atoms with van der Waals surface area (Å²) < 4.78 is 0. The Hall–Kier alpha value is -2.39. The fraction of sp³-hybridized carbons (Fsp3) is 0.250. The second kappa shape index (κ2) is 6.37. The van der Waals surface area contributed by atoms with Crippen LogP contribution in [-0.4, -0.2) is 34.6 Å². The van der Waals surface area contributed by atoms with E-state index >= 15 is 0 Å². The van der Waals surface area contributed by atoms with Gasteiger partial charge in [0.1, 0.15) is 12.6 Å². The van der Waals surface area contributed by atoms with Crippen molar-refractivity contribution < 1.29 is 14.7 Å². The first-order valence-electron chi connectivity index (χ1n) is 5.20. The molecular weight excluding hydrogens is 234 g/mol. The SMILES string of the molecule is CC(NC(=O)c1ccncc1C#CCO)C(N)=O. The van der Waals surface area contributed by atoms with E-state index in [1.165, 1.54) is 25.4 Å². The number of amides is 2. The van der Waals surface area contributed by atoms with Crippen molar-refractivity contribution in [3.05, 3.63) is 29.6 Å². The Bertz CT molecular complexity index is 517. The minimum Gasteiger partial charge on any atom is -0.384 e. The molecule has 0 saturated heterocycles. The van der Waals surface area contributed by atoms with Gasteiger partial charge >= 0.3 is 0 Å². The number of primary amides is 1. The summed E-state index contributed by atoms with van der Waals surface area (Å²) in [5.74, 6) is 3.95. The van der Waals surface area contributed by atoms with Gasteiger partial charge in [-0.15, -0.1) is 0 Å². The van der Waals surface area contributed by atoms with Crippen LogP contribution in [0.25, 0.3) is 0 Å². The molecule has 0 saturated carbocycles. The normalized spacial score (nSPS) is 11.0. The molecule has 18 heavy (non-hydrogen) atoms. The standard InChI is InChI=1S/C12H13N3O3/c1-8(11(13)17)15-12(18)10-4-5-14-7-9(10)3-2-6-16/h4-5,7-8,16H,6H2,1H3,(H2,13,17)(H,15,18). The Balaban J connectivity index is 2.95. The molecule has 0 fully saturated rings. The average Bonchev–Trinajstić information content (AvgIpc) is 2.36. The number of aromatic nitrogens is 1. The van der Waals surface area contributed by atoms with E-state index in [2.05, 4.69) is 22.1 Å². The van der Waals surface area contributed by atoms with Gasteiger partial charge in [0.05, 0.1) is 11.1 Å². The Morgan fingerprint density at radius 3 is 2.94 bits per heavy atom. The predicted molar refractivity (Wildman–Crippen MR) is 64.3 cm³/mol. The van der Waals surface area contributed by atoms with Crippen LogP contribution in [0.1, 0.15) is 22.8 Å². The highest BCUT2D eigenvalue weighted by Crippen LogP contribution is 2.05. The molecule has 1 aromatic heterocycles. The number of rotatable bonds is 3. The third kappa shape index (κ3) is 3.57. The molecule has 0 spiro atoms. The lowest BCUT2D eigenvalue weighted by Gasteiger charge is -2.10. The number of aliphatic hydroxyl groups excluding tert-OH is 1. The van der Waals surface area contributed by atoms with E-state index in [1.807, 2.05) is 0 Å². The van der Waals surface area contributed by atoms with Crippen molar-refractivity contribution in [2.45, 2.75) is 13.0 Å². The van der Waals surface area contributed by atoms with Gasteiger partial charge in [-0.05, 0) is 13.0 Å². The molecule has 6 heteroatoms. The van der Waals surface area contributed by atoms with E-state index in [0.29, 0.717) is 5.56 Å². The first-order chi connectivity index (χ1) is 8.56. The molecule has 1 heterocycles. The summed E-state index contributed by atoms with van der Waals surface area (Å²) in [6.45, 7) is 1.17. The fourth-order valence-electron chi connectivity index (χ4n) is 1.17. The number of carbonyl (C=O) groups is 2. The summed E-state index contributed by atoms with van der Waals surface area (Å²) in [5, 5.41) is 11.1. The molecular formula is C12H13N3O3. The lowest BCUT2D eigenvalue weighted by molar-refractivity contribution is -0.119. The van der Waals surface area contributed by atoms with E-state index in [4.69, 9.17) is 10.8 Å². The van der Waals surface area contributed by atoms with Crippen LogP contribution in [-0.2, 0) is 4.79 Å². The molecule has 0 radical (unpaired) electrons. The molecule has 0 aromatic carbocycles. The van der Waals surface area contributed by atoms with Crippen LogP contribution in [0.5, 0.6) is 0 Å². The maximum atomic E-state index is 11.9. The van der Waals surface area contributed by atoms with Crippen molar-refractivity contribution in [3.8, 4) is 11.8 Å². The lowest BCUT2D eigenvalue weighted by atomic mass is 10.1. The number of pyridine rings is 1. The topological polar surface area (TPSA) is 105 Å². The van der Waals surface area contributed by atoms with Gasteiger partial charge in [-0.1, -0.05) is 11.8 Å². The Labute approximate surface area is 104 Å². The molecule has 1 rings (SSSR count). The number of carbonyl (C=O) groups excluding carboxylic acids is 2. The van der Waals surface area contributed by atoms with Gasteiger partial charge in [0.2, 0.25) is 5.91 Å². The maximum Gasteiger partial charge on any atom is 0.253 e. The average molecular weight is 247 g/mol. The lowest BCUT2D eigenvalue weighted by Crippen LogP contribution is -2.42. The van der Waals surface area contributed by atoms with Gasteiger partial charge in [0.25, 0.3) is 5.91 Å². The largest absolute Gasteiger partial charge is 0.384 e. The third-order valence-corrected chi connectivity index (χ3v) is 2.14. The van der Waals surface area contributed by atoms with Crippen molar-refractivity contribution in [1.29, 1.82) is 0 Å². The van der Waals surface area contributed by atoms with Crippen LogP contribution >= 0.6 is 0 Å². The zero-order chi connectivity index (χ0) is 13.5. The van der Waals surface area contributed by atoms with E-state index in [1.54, 1.807) is 0 Å². The minimum absolute atomic E-state index is 0.277. The molecule has 0 aliphatic rings. The fourth-order valence-corrected chi connectivity index (χ4v) is 1.17. The zero-order valence-corrected chi connectivity index (χ0v) is 9.80. The first-order valence-corrected chi connectivity index (χ1v) is 5.20. The smallest absolute Gasteiger partial charge is 0.253 e. The van der Waals surface area contributed by atoms with E-state index in [9.17, 15) is 9.59 Å². The highest BCUT2D eigenvalue weighted by atomic mass is 16.2. The minimum atomic E-state index is -0.774. The van der Waals surface area contributed by atoms with Crippen LogP contribution < -0.4 is 11.1 Å². The molecule has 1 atom stereocenters. The summed E-state index contributed by atoms with van der Waals surface area (Å²) in [4.78, 5) is 26.6. The summed E-state index contributed by atoms with van der Waals surface area (Å²) in [5.41, 5.74) is 5.71. The van der Waals surface area contributed by atoms with E-state index in [0.717, 1.165) is 0 Å². The Morgan fingerprint density at radius 2 is 2.33 bits per heavy atom. The van der Waals surface area contributed by atoms with Crippen molar-refractivity contribution in [2.75, 3.05) is 6.61 Å². The first kappa shape index (κ1) is 13.7. The van der Waals surface area contributed by atoms with Gasteiger partial charge in [0.15, 0.2) is 0 Å². The van der Waals surface area contributed by atoms with Gasteiger partial charge < -0.3 is 16.2 Å². The maximum absolute atomic E-state index is 11.9.